The Hall–Kier alpha value is -4.35. The third-order valence-corrected chi connectivity index (χ3v) is 8.97. The van der Waals surface area contributed by atoms with Gasteiger partial charge in [-0.05, 0) is 76.8 Å². The summed E-state index contributed by atoms with van der Waals surface area (Å²) in [6.45, 7) is 4.30. The summed E-state index contributed by atoms with van der Waals surface area (Å²) in [6.07, 6.45) is 3.05. The fourth-order valence-electron chi connectivity index (χ4n) is 5.31. The molecule has 0 fully saturated rings. The number of thiazole rings is 1. The van der Waals surface area contributed by atoms with E-state index in [0.717, 1.165) is 17.5 Å². The fourth-order valence-corrected chi connectivity index (χ4v) is 6.91. The van der Waals surface area contributed by atoms with Crippen LogP contribution >= 0.6 is 27.3 Å². The first-order valence-electron chi connectivity index (χ1n) is 14.8. The van der Waals surface area contributed by atoms with Gasteiger partial charge in [0.25, 0.3) is 5.56 Å². The van der Waals surface area contributed by atoms with E-state index < -0.39 is 12.0 Å². The first kappa shape index (κ1) is 33.0. The Labute approximate surface area is 279 Å². The summed E-state index contributed by atoms with van der Waals surface area (Å²) in [5, 5.41) is 0. The molecule has 2 heterocycles. The number of fused-ring (bicyclic) bond motifs is 1. The maximum absolute atomic E-state index is 14.3. The largest absolute Gasteiger partial charge is 0.497 e. The molecule has 4 aromatic rings. The zero-order valence-corrected chi connectivity index (χ0v) is 28.7. The fraction of sp³-hybridized carbons (Fsp3) is 0.286. The lowest BCUT2D eigenvalue weighted by molar-refractivity contribution is -0.139. The molecule has 5 rings (SSSR count). The van der Waals surface area contributed by atoms with E-state index in [1.807, 2.05) is 49.4 Å². The average Bonchev–Trinajstić information content (AvgIpc) is 3.37. The van der Waals surface area contributed by atoms with Gasteiger partial charge in [0.1, 0.15) is 24.1 Å². The number of halogens is 1. The molecule has 0 amide bonds. The average molecular weight is 708 g/mol. The second-order valence-electron chi connectivity index (χ2n) is 10.3. The van der Waals surface area contributed by atoms with Crippen molar-refractivity contribution in [3.05, 3.63) is 113 Å². The van der Waals surface area contributed by atoms with Gasteiger partial charge in [-0.2, -0.15) is 0 Å². The number of benzene rings is 3. The molecule has 0 saturated heterocycles. The number of hydrogen-bond donors (Lipinski definition) is 0. The molecule has 0 N–H and O–H groups in total. The van der Waals surface area contributed by atoms with Crippen molar-refractivity contribution in [3.8, 4) is 23.0 Å². The Morgan fingerprint density at radius 3 is 2.43 bits per heavy atom. The van der Waals surface area contributed by atoms with E-state index >= 15 is 0 Å². The molecule has 1 aromatic heterocycles. The Bertz CT molecular complexity index is 1950. The Morgan fingerprint density at radius 1 is 1.00 bits per heavy atom. The van der Waals surface area contributed by atoms with Crippen molar-refractivity contribution < 1.29 is 28.5 Å². The van der Waals surface area contributed by atoms with Gasteiger partial charge in [-0.3, -0.25) is 9.36 Å². The minimum absolute atomic E-state index is 0.176. The molecular formula is C35H35BrN2O7S. The van der Waals surface area contributed by atoms with Gasteiger partial charge in [0.2, 0.25) is 0 Å². The first-order valence-corrected chi connectivity index (χ1v) is 16.4. The van der Waals surface area contributed by atoms with Crippen LogP contribution in [0.15, 0.2) is 86.2 Å². The minimum atomic E-state index is -0.848. The summed E-state index contributed by atoms with van der Waals surface area (Å²) >= 11 is 4.88. The number of ether oxygens (including phenoxy) is 5. The molecule has 9 nitrogen and oxygen atoms in total. The molecule has 3 aromatic carbocycles. The normalized spacial score (nSPS) is 14.4. The standard InChI is InChI=1S/C35H35BrN2O7S/c1-6-11-26-30(34(40)44-7-2)31(24-19-23(41-3)14-15-27(24)42-4)38-33(39)29(46-35(38)37-26)18-22-16-25(36)32(28(17-22)43-5)45-20-21-12-9-8-10-13-21/h8-10,12-19,31H,6-7,11,20H2,1-5H3/b29-18-/t31-/m0/s1. The van der Waals surface area contributed by atoms with Crippen LogP contribution in [0.2, 0.25) is 0 Å². The van der Waals surface area contributed by atoms with E-state index in [2.05, 4.69) is 15.9 Å². The lowest BCUT2D eigenvalue weighted by Crippen LogP contribution is -2.40. The number of aromatic nitrogens is 1. The highest BCUT2D eigenvalue weighted by Gasteiger charge is 2.36. The lowest BCUT2D eigenvalue weighted by Gasteiger charge is -2.27. The molecule has 46 heavy (non-hydrogen) atoms. The second kappa shape index (κ2) is 14.8. The summed E-state index contributed by atoms with van der Waals surface area (Å²) in [5.41, 5.74) is 2.90. The van der Waals surface area contributed by atoms with Crippen LogP contribution in [0, 0.1) is 0 Å². The molecule has 1 atom stereocenters. The lowest BCUT2D eigenvalue weighted by atomic mass is 9.93. The van der Waals surface area contributed by atoms with E-state index in [1.165, 1.54) is 11.3 Å². The summed E-state index contributed by atoms with van der Waals surface area (Å²) in [5.74, 6) is 1.59. The SMILES string of the molecule is CCCC1=C(C(=O)OCC)[C@H](c2cc(OC)ccc2OC)n2c(s/c(=C\c3cc(Br)c(OCc4ccccc4)c(OC)c3)c2=O)=N1. The maximum atomic E-state index is 14.3. The topological polar surface area (TPSA) is 97.6 Å². The van der Waals surface area contributed by atoms with Gasteiger partial charge in [-0.15, -0.1) is 0 Å². The highest BCUT2D eigenvalue weighted by atomic mass is 79.9. The van der Waals surface area contributed by atoms with Crippen molar-refractivity contribution in [2.24, 2.45) is 4.99 Å². The molecule has 1 aliphatic heterocycles. The van der Waals surface area contributed by atoms with E-state index in [4.69, 9.17) is 28.7 Å². The molecule has 0 spiro atoms. The Kier molecular flexibility index (Phi) is 10.6. The van der Waals surface area contributed by atoms with Gasteiger partial charge in [0.05, 0.1) is 48.2 Å². The number of methoxy groups -OCH3 is 3. The predicted octanol–water partition coefficient (Wildman–Crippen LogP) is 5.95. The maximum Gasteiger partial charge on any atom is 0.338 e. The summed E-state index contributed by atoms with van der Waals surface area (Å²) < 4.78 is 31.2. The number of carbonyl (C=O) groups is 1. The number of nitrogens with zero attached hydrogens (tertiary/aromatic N) is 2. The Morgan fingerprint density at radius 2 is 1.76 bits per heavy atom. The highest BCUT2D eigenvalue weighted by molar-refractivity contribution is 9.10. The smallest absolute Gasteiger partial charge is 0.338 e. The molecule has 0 unspecified atom stereocenters. The molecule has 240 valence electrons. The van der Waals surface area contributed by atoms with Crippen LogP contribution in [0.3, 0.4) is 0 Å². The summed E-state index contributed by atoms with van der Waals surface area (Å²) in [4.78, 5) is 33.2. The summed E-state index contributed by atoms with van der Waals surface area (Å²) in [6, 6.07) is 18.0. The molecular weight excluding hydrogens is 672 g/mol. The van der Waals surface area contributed by atoms with Crippen molar-refractivity contribution >= 4 is 39.3 Å². The monoisotopic (exact) mass is 706 g/mol. The van der Waals surface area contributed by atoms with Gasteiger partial charge in [0.15, 0.2) is 16.3 Å². The molecule has 1 aliphatic rings. The molecule has 0 aliphatic carbocycles. The van der Waals surface area contributed by atoms with Crippen LogP contribution in [-0.2, 0) is 16.1 Å². The van der Waals surface area contributed by atoms with Crippen LogP contribution in [0.1, 0.15) is 49.4 Å². The van der Waals surface area contributed by atoms with Gasteiger partial charge in [-0.25, -0.2) is 9.79 Å². The first-order chi connectivity index (χ1) is 22.3. The van der Waals surface area contributed by atoms with Gasteiger partial charge >= 0.3 is 5.97 Å². The van der Waals surface area contributed by atoms with Crippen LogP contribution in [-0.4, -0.2) is 38.5 Å². The zero-order valence-electron chi connectivity index (χ0n) is 26.3. The van der Waals surface area contributed by atoms with Crippen LogP contribution < -0.4 is 33.8 Å². The van der Waals surface area contributed by atoms with Gasteiger partial charge < -0.3 is 23.7 Å². The van der Waals surface area contributed by atoms with E-state index in [0.29, 0.717) is 66.7 Å². The van der Waals surface area contributed by atoms with Crippen molar-refractivity contribution in [2.75, 3.05) is 27.9 Å². The van der Waals surface area contributed by atoms with Crippen molar-refractivity contribution in [3.63, 3.8) is 0 Å². The van der Waals surface area contributed by atoms with E-state index in [-0.39, 0.29) is 12.2 Å². The second-order valence-corrected chi connectivity index (χ2v) is 12.2. The summed E-state index contributed by atoms with van der Waals surface area (Å²) in [7, 11) is 4.68. The minimum Gasteiger partial charge on any atom is -0.497 e. The number of carbonyl (C=O) groups excluding carboxylic acids is 1. The molecule has 0 radical (unpaired) electrons. The van der Waals surface area contributed by atoms with Crippen molar-refractivity contribution in [2.45, 2.75) is 39.3 Å². The van der Waals surface area contributed by atoms with Crippen LogP contribution in [0.4, 0.5) is 0 Å². The zero-order chi connectivity index (χ0) is 32.8. The number of esters is 1. The quantitative estimate of drug-likeness (QED) is 0.168. The molecule has 11 heteroatoms. The third-order valence-electron chi connectivity index (χ3n) is 7.40. The van der Waals surface area contributed by atoms with Crippen molar-refractivity contribution in [1.29, 1.82) is 0 Å². The number of allylic oxidation sites excluding steroid dienone is 1. The number of rotatable bonds is 12. The van der Waals surface area contributed by atoms with Gasteiger partial charge in [-0.1, -0.05) is 55.0 Å². The van der Waals surface area contributed by atoms with E-state index in [1.54, 1.807) is 57.1 Å². The third kappa shape index (κ3) is 6.75. The van der Waals surface area contributed by atoms with Crippen LogP contribution in [0.25, 0.3) is 6.08 Å². The van der Waals surface area contributed by atoms with Gasteiger partial charge in [0, 0.05) is 5.56 Å². The molecule has 0 bridgehead atoms. The highest BCUT2D eigenvalue weighted by Crippen LogP contribution is 2.39. The Balaban J connectivity index is 1.67. The number of hydrogen-bond acceptors (Lipinski definition) is 9. The van der Waals surface area contributed by atoms with E-state index in [9.17, 15) is 9.59 Å². The van der Waals surface area contributed by atoms with Crippen molar-refractivity contribution in [1.82, 2.24) is 4.57 Å². The van der Waals surface area contributed by atoms with Crippen LogP contribution in [0.5, 0.6) is 23.0 Å². The molecule has 0 saturated carbocycles. The predicted molar refractivity (Wildman–Crippen MR) is 181 cm³/mol.